The van der Waals surface area contributed by atoms with Crippen molar-refractivity contribution in [3.05, 3.63) is 47.8 Å². The first-order valence-corrected chi connectivity index (χ1v) is 8.65. The minimum Gasteiger partial charge on any atom is -0.236 e. The Morgan fingerprint density at radius 1 is 0.870 bits per heavy atom. The van der Waals surface area contributed by atoms with Crippen LogP contribution in [0.25, 0.3) is 11.4 Å². The topological polar surface area (TPSA) is 49.6 Å². The second-order valence-corrected chi connectivity index (χ2v) is 5.98. The van der Waals surface area contributed by atoms with Crippen LogP contribution >= 0.6 is 0 Å². The molecule has 0 atom stereocenters. The second-order valence-electron chi connectivity index (χ2n) is 5.98. The van der Waals surface area contributed by atoms with E-state index in [0.717, 1.165) is 17.8 Å². The fourth-order valence-corrected chi connectivity index (χ4v) is 2.61. The zero-order chi connectivity index (χ0) is 16.3. The van der Waals surface area contributed by atoms with E-state index in [0.29, 0.717) is 5.56 Å². The molecule has 3 heteroatoms. The molecule has 0 N–H and O–H groups in total. The van der Waals surface area contributed by atoms with Crippen molar-refractivity contribution in [2.24, 2.45) is 0 Å². The molecule has 0 bridgehead atoms. The Balaban J connectivity index is 1.77. The molecule has 0 unspecified atom stereocenters. The second kappa shape index (κ2) is 9.74. The lowest BCUT2D eigenvalue weighted by Crippen LogP contribution is -1.93. The molecule has 0 amide bonds. The van der Waals surface area contributed by atoms with Gasteiger partial charge in [0.15, 0.2) is 5.82 Å². The number of hydrogen-bond donors (Lipinski definition) is 0. The molecule has 1 heterocycles. The number of unbranched alkanes of at least 4 members (excludes halogenated alkanes) is 6. The highest BCUT2D eigenvalue weighted by molar-refractivity contribution is 5.56. The van der Waals surface area contributed by atoms with Gasteiger partial charge in [0.05, 0.1) is 11.6 Å². The molecule has 0 radical (unpaired) electrons. The first kappa shape index (κ1) is 17.1. The zero-order valence-corrected chi connectivity index (χ0v) is 14.0. The summed E-state index contributed by atoms with van der Waals surface area (Å²) in [6.45, 7) is 2.25. The molecule has 120 valence electrons. The largest absolute Gasteiger partial charge is 0.236 e. The predicted molar refractivity (Wildman–Crippen MR) is 93.9 cm³/mol. The van der Waals surface area contributed by atoms with Gasteiger partial charge in [-0.15, -0.1) is 0 Å². The molecule has 0 fully saturated rings. The van der Waals surface area contributed by atoms with Gasteiger partial charge in [-0.05, 0) is 42.7 Å². The van der Waals surface area contributed by atoms with E-state index in [4.69, 9.17) is 5.26 Å². The van der Waals surface area contributed by atoms with E-state index in [1.165, 1.54) is 50.5 Å². The molecule has 2 rings (SSSR count). The normalized spacial score (nSPS) is 10.4. The van der Waals surface area contributed by atoms with Crippen molar-refractivity contribution >= 4 is 0 Å². The maximum absolute atomic E-state index is 8.82. The van der Waals surface area contributed by atoms with E-state index in [-0.39, 0.29) is 0 Å². The smallest absolute Gasteiger partial charge is 0.159 e. The van der Waals surface area contributed by atoms with Crippen molar-refractivity contribution in [1.29, 1.82) is 5.26 Å². The number of aryl methyl sites for hydroxylation is 1. The Labute approximate surface area is 139 Å². The van der Waals surface area contributed by atoms with Crippen LogP contribution < -0.4 is 0 Å². The van der Waals surface area contributed by atoms with Crippen molar-refractivity contribution in [2.45, 2.75) is 58.3 Å². The molecule has 0 spiro atoms. The average molecular weight is 307 g/mol. The van der Waals surface area contributed by atoms with Crippen LogP contribution in [-0.4, -0.2) is 9.97 Å². The van der Waals surface area contributed by atoms with Gasteiger partial charge in [-0.25, -0.2) is 9.97 Å². The van der Waals surface area contributed by atoms with E-state index >= 15 is 0 Å². The van der Waals surface area contributed by atoms with Gasteiger partial charge in [-0.2, -0.15) is 5.26 Å². The molecule has 0 saturated carbocycles. The number of aromatic nitrogens is 2. The van der Waals surface area contributed by atoms with Gasteiger partial charge in [-0.1, -0.05) is 45.4 Å². The Bertz CT molecular complexity index is 609. The van der Waals surface area contributed by atoms with Gasteiger partial charge in [-0.3, -0.25) is 0 Å². The quantitative estimate of drug-likeness (QED) is 0.590. The summed E-state index contributed by atoms with van der Waals surface area (Å²) in [7, 11) is 0. The molecular weight excluding hydrogens is 282 g/mol. The van der Waals surface area contributed by atoms with Crippen molar-refractivity contribution in [3.8, 4) is 17.5 Å². The van der Waals surface area contributed by atoms with Gasteiger partial charge >= 0.3 is 0 Å². The van der Waals surface area contributed by atoms with Gasteiger partial charge in [0, 0.05) is 18.0 Å². The average Bonchev–Trinajstić information content (AvgIpc) is 2.61. The lowest BCUT2D eigenvalue weighted by molar-refractivity contribution is 0.589. The summed E-state index contributed by atoms with van der Waals surface area (Å²) in [5.74, 6) is 0.720. The van der Waals surface area contributed by atoms with Crippen molar-refractivity contribution in [2.75, 3.05) is 0 Å². The van der Waals surface area contributed by atoms with Crippen LogP contribution in [0.1, 0.15) is 63.0 Å². The van der Waals surface area contributed by atoms with Crippen LogP contribution in [0.15, 0.2) is 36.7 Å². The van der Waals surface area contributed by atoms with Crippen molar-refractivity contribution < 1.29 is 0 Å². The third kappa shape index (κ3) is 5.83. The summed E-state index contributed by atoms with van der Waals surface area (Å²) >= 11 is 0. The number of rotatable bonds is 9. The summed E-state index contributed by atoms with van der Waals surface area (Å²) in [5.41, 5.74) is 2.81. The van der Waals surface area contributed by atoms with Crippen molar-refractivity contribution in [3.63, 3.8) is 0 Å². The van der Waals surface area contributed by atoms with Gasteiger partial charge in [0.1, 0.15) is 0 Å². The van der Waals surface area contributed by atoms with Crippen molar-refractivity contribution in [1.82, 2.24) is 9.97 Å². The molecule has 23 heavy (non-hydrogen) atoms. The van der Waals surface area contributed by atoms with E-state index in [2.05, 4.69) is 23.0 Å². The monoisotopic (exact) mass is 307 g/mol. The maximum atomic E-state index is 8.82. The van der Waals surface area contributed by atoms with Gasteiger partial charge in [0.25, 0.3) is 0 Å². The SMILES string of the molecule is CCCCCCCCCc1cnc(-c2ccc(C#N)cc2)nc1. The van der Waals surface area contributed by atoms with Crippen LogP contribution in [0.2, 0.25) is 0 Å². The number of nitrogens with zero attached hydrogens (tertiary/aromatic N) is 3. The van der Waals surface area contributed by atoms with Crippen LogP contribution in [0.3, 0.4) is 0 Å². The minimum absolute atomic E-state index is 0.657. The van der Waals surface area contributed by atoms with Gasteiger partial charge in [0.2, 0.25) is 0 Å². The number of hydrogen-bond acceptors (Lipinski definition) is 3. The summed E-state index contributed by atoms with van der Waals surface area (Å²) in [5, 5.41) is 8.82. The summed E-state index contributed by atoms with van der Waals surface area (Å²) in [6.07, 6.45) is 14.2. The lowest BCUT2D eigenvalue weighted by Gasteiger charge is -2.04. The number of nitriles is 1. The fraction of sp³-hybridized carbons (Fsp3) is 0.450. The summed E-state index contributed by atoms with van der Waals surface area (Å²) in [4.78, 5) is 8.90. The Morgan fingerprint density at radius 3 is 2.09 bits per heavy atom. The first-order valence-electron chi connectivity index (χ1n) is 8.65. The zero-order valence-electron chi connectivity index (χ0n) is 14.0. The van der Waals surface area contributed by atoms with Crippen LogP contribution in [-0.2, 0) is 6.42 Å². The van der Waals surface area contributed by atoms with Crippen LogP contribution in [0, 0.1) is 11.3 Å². The summed E-state index contributed by atoms with van der Waals surface area (Å²) < 4.78 is 0. The molecule has 3 nitrogen and oxygen atoms in total. The first-order chi connectivity index (χ1) is 11.3. The Hall–Kier alpha value is -2.21. The van der Waals surface area contributed by atoms with Crippen LogP contribution in [0.4, 0.5) is 0 Å². The molecule has 1 aromatic heterocycles. The standard InChI is InChI=1S/C20H25N3/c1-2-3-4-5-6-7-8-9-18-15-22-20(23-16-18)19-12-10-17(14-21)11-13-19/h10-13,15-16H,2-9H2,1H3. The Kier molecular flexibility index (Phi) is 7.26. The van der Waals surface area contributed by atoms with E-state index in [1.54, 1.807) is 12.1 Å². The highest BCUT2D eigenvalue weighted by Gasteiger charge is 2.02. The fourth-order valence-electron chi connectivity index (χ4n) is 2.61. The highest BCUT2D eigenvalue weighted by atomic mass is 14.9. The number of benzene rings is 1. The lowest BCUT2D eigenvalue weighted by atomic mass is 10.1. The molecule has 0 saturated heterocycles. The van der Waals surface area contributed by atoms with Crippen LogP contribution in [0.5, 0.6) is 0 Å². The third-order valence-electron chi connectivity index (χ3n) is 4.05. The van der Waals surface area contributed by atoms with E-state index in [9.17, 15) is 0 Å². The molecular formula is C20H25N3. The maximum Gasteiger partial charge on any atom is 0.159 e. The van der Waals surface area contributed by atoms with Gasteiger partial charge < -0.3 is 0 Å². The molecule has 0 aliphatic carbocycles. The third-order valence-corrected chi connectivity index (χ3v) is 4.05. The highest BCUT2D eigenvalue weighted by Crippen LogP contribution is 2.16. The van der Waals surface area contributed by atoms with E-state index < -0.39 is 0 Å². The molecule has 1 aromatic carbocycles. The summed E-state index contributed by atoms with van der Waals surface area (Å²) in [6, 6.07) is 9.50. The molecule has 0 aliphatic heterocycles. The molecule has 2 aromatic rings. The minimum atomic E-state index is 0.657. The predicted octanol–water partition coefficient (Wildman–Crippen LogP) is 5.31. The Morgan fingerprint density at radius 2 is 1.48 bits per heavy atom. The van der Waals surface area contributed by atoms with E-state index in [1.807, 2.05) is 24.5 Å². The molecule has 0 aliphatic rings.